The zero-order valence-corrected chi connectivity index (χ0v) is 16.5. The van der Waals surface area contributed by atoms with Crippen molar-refractivity contribution >= 4 is 27.5 Å². The van der Waals surface area contributed by atoms with E-state index in [1.807, 2.05) is 6.92 Å². The number of hydrogen-bond donors (Lipinski definition) is 1. The lowest BCUT2D eigenvalue weighted by Gasteiger charge is -2.34. The first kappa shape index (κ1) is 20.2. The standard InChI is InChI=1S/C17H25N3O5S/c1-11-9-19(3)17(22)13-7-6-8-14(18-12(2)21)16(13)25-15(11)10-20(4)26(5,23)24/h6-8,11,15H,9-10H2,1-5H3,(H,18,21)/t11-,15+/m1/s1. The number of carbonyl (C=O) groups is 2. The number of benzene rings is 1. The number of amides is 2. The molecule has 1 aliphatic heterocycles. The highest BCUT2D eigenvalue weighted by molar-refractivity contribution is 7.88. The van der Waals surface area contributed by atoms with Crippen molar-refractivity contribution in [3.63, 3.8) is 0 Å². The van der Waals surface area contributed by atoms with E-state index in [1.54, 1.807) is 30.1 Å². The first-order chi connectivity index (χ1) is 12.0. The van der Waals surface area contributed by atoms with Crippen LogP contribution < -0.4 is 10.1 Å². The SMILES string of the molecule is CC(=O)Nc1cccc2c1O[C@@H](CN(C)S(C)(=O)=O)[C@H](C)CN(C)C2=O. The fraction of sp³-hybridized carbons (Fsp3) is 0.529. The van der Waals surface area contributed by atoms with E-state index in [9.17, 15) is 18.0 Å². The molecule has 8 nitrogen and oxygen atoms in total. The lowest BCUT2D eigenvalue weighted by Crippen LogP contribution is -2.46. The molecule has 0 aliphatic carbocycles. The molecule has 9 heteroatoms. The predicted molar refractivity (Wildman–Crippen MR) is 98.8 cm³/mol. The van der Waals surface area contributed by atoms with Gasteiger partial charge in [0.05, 0.1) is 24.1 Å². The molecule has 1 aromatic carbocycles. The summed E-state index contributed by atoms with van der Waals surface area (Å²) >= 11 is 0. The number of fused-ring (bicyclic) bond motifs is 1. The van der Waals surface area contributed by atoms with Gasteiger partial charge in [0.2, 0.25) is 15.9 Å². The van der Waals surface area contributed by atoms with Gasteiger partial charge in [0.15, 0.2) is 5.75 Å². The van der Waals surface area contributed by atoms with E-state index in [2.05, 4.69) is 5.32 Å². The minimum Gasteiger partial charge on any atom is -0.486 e. The van der Waals surface area contributed by atoms with Crippen molar-refractivity contribution in [1.29, 1.82) is 0 Å². The number of nitrogens with zero attached hydrogens (tertiary/aromatic N) is 2. The van der Waals surface area contributed by atoms with Gasteiger partial charge in [-0.2, -0.15) is 0 Å². The smallest absolute Gasteiger partial charge is 0.257 e. The molecule has 2 rings (SSSR count). The van der Waals surface area contributed by atoms with Gasteiger partial charge in [-0.25, -0.2) is 12.7 Å². The predicted octanol–water partition coefficient (Wildman–Crippen LogP) is 1.01. The Bertz CT molecular complexity index is 809. The fourth-order valence-electron chi connectivity index (χ4n) is 2.83. The second-order valence-electron chi connectivity index (χ2n) is 6.73. The van der Waals surface area contributed by atoms with Crippen molar-refractivity contribution in [2.75, 3.05) is 38.8 Å². The number of anilines is 1. The fourth-order valence-corrected chi connectivity index (χ4v) is 3.25. The molecule has 0 saturated heterocycles. The molecule has 0 unspecified atom stereocenters. The van der Waals surface area contributed by atoms with E-state index in [1.165, 1.54) is 18.3 Å². The molecule has 26 heavy (non-hydrogen) atoms. The molecule has 0 fully saturated rings. The lowest BCUT2D eigenvalue weighted by atomic mass is 10.0. The van der Waals surface area contributed by atoms with Crippen molar-refractivity contribution in [2.45, 2.75) is 20.0 Å². The summed E-state index contributed by atoms with van der Waals surface area (Å²) in [5.74, 6) is -0.360. The quantitative estimate of drug-likeness (QED) is 0.837. The van der Waals surface area contributed by atoms with Gasteiger partial charge >= 0.3 is 0 Å². The van der Waals surface area contributed by atoms with Crippen LogP contribution in [0.25, 0.3) is 0 Å². The number of para-hydroxylation sites is 1. The number of nitrogens with one attached hydrogen (secondary N) is 1. The number of sulfonamides is 1. The van der Waals surface area contributed by atoms with E-state index in [4.69, 9.17) is 4.74 Å². The minimum atomic E-state index is -3.37. The Hall–Kier alpha value is -2.13. The maximum Gasteiger partial charge on any atom is 0.257 e. The zero-order valence-electron chi connectivity index (χ0n) is 15.6. The Labute approximate surface area is 154 Å². The zero-order chi connectivity index (χ0) is 19.6. The van der Waals surface area contributed by atoms with E-state index < -0.39 is 16.1 Å². The van der Waals surface area contributed by atoms with Crippen LogP contribution in [0.15, 0.2) is 18.2 Å². The normalized spacial score (nSPS) is 20.8. The Morgan fingerprint density at radius 2 is 2.08 bits per heavy atom. The van der Waals surface area contributed by atoms with Gasteiger partial charge in [0, 0.05) is 33.5 Å². The van der Waals surface area contributed by atoms with Crippen LogP contribution in [-0.4, -0.2) is 69.0 Å². The molecule has 1 heterocycles. The number of hydrogen-bond acceptors (Lipinski definition) is 5. The molecule has 0 saturated carbocycles. The lowest BCUT2D eigenvalue weighted by molar-refractivity contribution is -0.114. The highest BCUT2D eigenvalue weighted by Gasteiger charge is 2.32. The Morgan fingerprint density at radius 1 is 1.42 bits per heavy atom. The van der Waals surface area contributed by atoms with Crippen molar-refractivity contribution in [3.8, 4) is 5.75 Å². The first-order valence-corrected chi connectivity index (χ1v) is 10.1. The molecule has 1 aliphatic rings. The Kier molecular flexibility index (Phi) is 5.92. The van der Waals surface area contributed by atoms with Crippen LogP contribution in [0, 0.1) is 5.92 Å². The van der Waals surface area contributed by atoms with Crippen molar-refractivity contribution in [3.05, 3.63) is 23.8 Å². The molecule has 2 atom stereocenters. The van der Waals surface area contributed by atoms with Crippen LogP contribution in [0.1, 0.15) is 24.2 Å². The average molecular weight is 383 g/mol. The molecular formula is C17H25N3O5S. The third kappa shape index (κ3) is 4.53. The topological polar surface area (TPSA) is 96.0 Å². The van der Waals surface area contributed by atoms with Crippen LogP contribution in [-0.2, 0) is 14.8 Å². The summed E-state index contributed by atoms with van der Waals surface area (Å²) in [7, 11) is -0.198. The van der Waals surface area contributed by atoms with Crippen LogP contribution in [0.3, 0.4) is 0 Å². The molecule has 2 amide bonds. The van der Waals surface area contributed by atoms with Gasteiger partial charge in [0.25, 0.3) is 5.91 Å². The summed E-state index contributed by atoms with van der Waals surface area (Å²) in [5, 5.41) is 2.67. The number of rotatable bonds is 4. The van der Waals surface area contributed by atoms with Gasteiger partial charge < -0.3 is 15.0 Å². The molecule has 1 aromatic rings. The summed E-state index contributed by atoms with van der Waals surface area (Å²) in [5.41, 5.74) is 0.718. The number of ether oxygens (including phenoxy) is 1. The molecule has 0 spiro atoms. The van der Waals surface area contributed by atoms with E-state index in [0.717, 1.165) is 6.26 Å². The highest BCUT2D eigenvalue weighted by Crippen LogP contribution is 2.34. The van der Waals surface area contributed by atoms with Crippen LogP contribution in [0.2, 0.25) is 0 Å². The van der Waals surface area contributed by atoms with Crippen molar-refractivity contribution in [2.24, 2.45) is 5.92 Å². The van der Waals surface area contributed by atoms with Gasteiger partial charge in [-0.3, -0.25) is 9.59 Å². The van der Waals surface area contributed by atoms with Gasteiger partial charge in [-0.15, -0.1) is 0 Å². The van der Waals surface area contributed by atoms with Crippen LogP contribution in [0.5, 0.6) is 5.75 Å². The average Bonchev–Trinajstić information content (AvgIpc) is 2.52. The first-order valence-electron chi connectivity index (χ1n) is 8.24. The van der Waals surface area contributed by atoms with Crippen LogP contribution in [0.4, 0.5) is 5.69 Å². The third-order valence-corrected chi connectivity index (χ3v) is 5.65. The monoisotopic (exact) mass is 383 g/mol. The summed E-state index contributed by atoms with van der Waals surface area (Å²) in [4.78, 5) is 25.8. The summed E-state index contributed by atoms with van der Waals surface area (Å²) in [6.45, 7) is 3.82. The number of carbonyl (C=O) groups excluding carboxylic acids is 2. The van der Waals surface area contributed by atoms with E-state index in [0.29, 0.717) is 17.8 Å². The van der Waals surface area contributed by atoms with Gasteiger partial charge in [-0.05, 0) is 12.1 Å². The molecule has 0 radical (unpaired) electrons. The Morgan fingerprint density at radius 3 is 2.65 bits per heavy atom. The molecule has 1 N–H and O–H groups in total. The maximum absolute atomic E-state index is 12.7. The summed E-state index contributed by atoms with van der Waals surface area (Å²) < 4.78 is 30.9. The summed E-state index contributed by atoms with van der Waals surface area (Å²) in [6.07, 6.45) is 0.645. The molecule has 144 valence electrons. The maximum atomic E-state index is 12.7. The number of likely N-dealkylation sites (N-methyl/N-ethyl adjacent to an activating group) is 1. The third-order valence-electron chi connectivity index (χ3n) is 4.37. The van der Waals surface area contributed by atoms with Crippen LogP contribution >= 0.6 is 0 Å². The highest BCUT2D eigenvalue weighted by atomic mass is 32.2. The molecular weight excluding hydrogens is 358 g/mol. The second-order valence-corrected chi connectivity index (χ2v) is 8.82. The summed E-state index contributed by atoms with van der Waals surface area (Å²) in [6, 6.07) is 4.95. The van der Waals surface area contributed by atoms with Gasteiger partial charge in [0.1, 0.15) is 6.10 Å². The van der Waals surface area contributed by atoms with Crippen molar-refractivity contribution in [1.82, 2.24) is 9.21 Å². The van der Waals surface area contributed by atoms with Gasteiger partial charge in [-0.1, -0.05) is 13.0 Å². The second kappa shape index (κ2) is 7.63. The molecule has 0 aromatic heterocycles. The van der Waals surface area contributed by atoms with Crippen molar-refractivity contribution < 1.29 is 22.7 Å². The Balaban J connectivity index is 2.48. The molecule has 0 bridgehead atoms. The van der Waals surface area contributed by atoms with E-state index >= 15 is 0 Å². The largest absolute Gasteiger partial charge is 0.486 e. The minimum absolute atomic E-state index is 0.119. The van der Waals surface area contributed by atoms with E-state index in [-0.39, 0.29) is 30.0 Å².